The van der Waals surface area contributed by atoms with Crippen molar-refractivity contribution in [1.82, 2.24) is 4.90 Å². The Morgan fingerprint density at radius 1 is 1.12 bits per heavy atom. The Morgan fingerprint density at radius 2 is 1.81 bits per heavy atom. The lowest BCUT2D eigenvalue weighted by atomic mass is 10.1. The average molecular weight is 519 g/mol. The molecule has 0 aromatic heterocycles. The first-order valence-electron chi connectivity index (χ1n) is 9.85. The van der Waals surface area contributed by atoms with Gasteiger partial charge >= 0.3 is 0 Å². The van der Waals surface area contributed by atoms with Crippen LogP contribution in [-0.2, 0) is 9.59 Å². The molecule has 1 N–H and O–H groups in total. The van der Waals surface area contributed by atoms with Crippen LogP contribution < -0.4 is 14.8 Å². The lowest BCUT2D eigenvalue weighted by Gasteiger charge is -2.13. The maximum absolute atomic E-state index is 12.8. The first-order chi connectivity index (χ1) is 15.2. The second kappa shape index (κ2) is 10.2. The fourth-order valence-corrected chi connectivity index (χ4v) is 4.52. The normalized spacial score (nSPS) is 14.8. The van der Waals surface area contributed by atoms with Crippen LogP contribution >= 0.6 is 27.7 Å². The monoisotopic (exact) mass is 518 g/mol. The van der Waals surface area contributed by atoms with E-state index in [2.05, 4.69) is 21.2 Å². The second-order valence-electron chi connectivity index (χ2n) is 7.15. The topological polar surface area (TPSA) is 84.9 Å². The summed E-state index contributed by atoms with van der Waals surface area (Å²) < 4.78 is 11.6. The number of thioether (sulfide) groups is 1. The first-order valence-corrected chi connectivity index (χ1v) is 11.5. The van der Waals surface area contributed by atoms with Crippen LogP contribution in [0, 0.1) is 13.8 Å². The van der Waals surface area contributed by atoms with Crippen molar-refractivity contribution in [2.45, 2.75) is 20.8 Å². The summed E-state index contributed by atoms with van der Waals surface area (Å²) in [7, 11) is 1.53. The molecule has 0 spiro atoms. The number of halogens is 1. The molecule has 168 valence electrons. The molecule has 0 unspecified atom stereocenters. The maximum atomic E-state index is 12.8. The Labute approximate surface area is 199 Å². The van der Waals surface area contributed by atoms with Crippen LogP contribution in [0.5, 0.6) is 11.5 Å². The highest BCUT2D eigenvalue weighted by Crippen LogP contribution is 2.38. The van der Waals surface area contributed by atoms with E-state index < -0.39 is 17.1 Å². The van der Waals surface area contributed by atoms with E-state index in [1.807, 2.05) is 39.0 Å². The Morgan fingerprint density at radius 3 is 2.44 bits per heavy atom. The molecule has 1 aliphatic heterocycles. The number of methoxy groups -OCH3 is 1. The summed E-state index contributed by atoms with van der Waals surface area (Å²) in [6, 6.07) is 9.11. The molecule has 0 saturated carbocycles. The third-order valence-corrected chi connectivity index (χ3v) is 6.14. The largest absolute Gasteiger partial charge is 0.493 e. The number of carbonyl (C=O) groups is 3. The van der Waals surface area contributed by atoms with Crippen LogP contribution in [0.3, 0.4) is 0 Å². The van der Waals surface area contributed by atoms with E-state index in [0.29, 0.717) is 33.8 Å². The first kappa shape index (κ1) is 23.9. The molecule has 9 heteroatoms. The number of aryl methyl sites for hydroxylation is 2. The standard InChI is InChI=1S/C23H23BrN2O5S/c1-5-31-19-11-17(24)15(9-18(19)30-4)10-20-22(28)26(23(29)32-20)12-21(27)25-16-7-13(2)6-14(3)8-16/h6-11H,5,12H2,1-4H3,(H,25,27)/b20-10-. The van der Waals surface area contributed by atoms with Gasteiger partial charge in [0.2, 0.25) is 5.91 Å². The number of nitrogens with one attached hydrogen (secondary N) is 1. The van der Waals surface area contributed by atoms with Crippen molar-refractivity contribution in [3.63, 3.8) is 0 Å². The molecular formula is C23H23BrN2O5S. The number of anilines is 1. The van der Waals surface area contributed by atoms with Crippen molar-refractivity contribution in [2.75, 3.05) is 25.6 Å². The predicted octanol–water partition coefficient (Wildman–Crippen LogP) is 5.15. The number of ether oxygens (including phenoxy) is 2. The summed E-state index contributed by atoms with van der Waals surface area (Å²) in [5, 5.41) is 2.25. The van der Waals surface area contributed by atoms with Gasteiger partial charge in [-0.3, -0.25) is 19.3 Å². The lowest BCUT2D eigenvalue weighted by Crippen LogP contribution is -2.36. The summed E-state index contributed by atoms with van der Waals surface area (Å²) in [4.78, 5) is 38.9. The van der Waals surface area contributed by atoms with Crippen molar-refractivity contribution in [3.8, 4) is 11.5 Å². The highest BCUT2D eigenvalue weighted by atomic mass is 79.9. The molecule has 1 fully saturated rings. The quantitative estimate of drug-likeness (QED) is 0.510. The number of hydrogen-bond donors (Lipinski definition) is 1. The van der Waals surface area contributed by atoms with E-state index in [4.69, 9.17) is 9.47 Å². The van der Waals surface area contributed by atoms with Crippen molar-refractivity contribution in [3.05, 3.63) is 56.4 Å². The molecule has 32 heavy (non-hydrogen) atoms. The summed E-state index contributed by atoms with van der Waals surface area (Å²) in [5.41, 5.74) is 3.28. The van der Waals surface area contributed by atoms with Gasteiger partial charge in [-0.25, -0.2) is 0 Å². The highest BCUT2D eigenvalue weighted by molar-refractivity contribution is 9.10. The van der Waals surface area contributed by atoms with Crippen molar-refractivity contribution in [2.24, 2.45) is 0 Å². The summed E-state index contributed by atoms with van der Waals surface area (Å²) in [6.07, 6.45) is 1.59. The van der Waals surface area contributed by atoms with E-state index in [9.17, 15) is 14.4 Å². The number of nitrogens with zero attached hydrogens (tertiary/aromatic N) is 1. The fraction of sp³-hybridized carbons (Fsp3) is 0.261. The minimum absolute atomic E-state index is 0.223. The molecule has 2 aromatic carbocycles. The number of amides is 3. The Bertz CT molecular complexity index is 1100. The zero-order valence-corrected chi connectivity index (χ0v) is 20.6. The number of hydrogen-bond acceptors (Lipinski definition) is 6. The molecule has 0 aliphatic carbocycles. The SMILES string of the molecule is CCOc1cc(Br)c(/C=C2\SC(=O)N(CC(=O)Nc3cc(C)cc(C)c3)C2=O)cc1OC. The van der Waals surface area contributed by atoms with Crippen molar-refractivity contribution < 1.29 is 23.9 Å². The molecule has 1 aliphatic rings. The average Bonchev–Trinajstić information content (AvgIpc) is 2.96. The van der Waals surface area contributed by atoms with Gasteiger partial charge in [0, 0.05) is 10.2 Å². The minimum Gasteiger partial charge on any atom is -0.493 e. The van der Waals surface area contributed by atoms with Crippen LogP contribution in [0.2, 0.25) is 0 Å². The van der Waals surface area contributed by atoms with E-state index in [0.717, 1.165) is 27.8 Å². The molecule has 0 radical (unpaired) electrons. The number of benzene rings is 2. The number of imide groups is 1. The van der Waals surface area contributed by atoms with Crippen LogP contribution in [0.4, 0.5) is 10.5 Å². The van der Waals surface area contributed by atoms with Gasteiger partial charge < -0.3 is 14.8 Å². The van der Waals surface area contributed by atoms with Gasteiger partial charge in [0.15, 0.2) is 11.5 Å². The molecule has 7 nitrogen and oxygen atoms in total. The highest BCUT2D eigenvalue weighted by Gasteiger charge is 2.36. The van der Waals surface area contributed by atoms with Gasteiger partial charge in [-0.05, 0) is 79.6 Å². The Balaban J connectivity index is 1.77. The molecule has 3 amide bonds. The van der Waals surface area contributed by atoms with E-state index in [-0.39, 0.29) is 11.4 Å². The van der Waals surface area contributed by atoms with Crippen molar-refractivity contribution in [1.29, 1.82) is 0 Å². The molecule has 3 rings (SSSR count). The van der Waals surface area contributed by atoms with Crippen LogP contribution in [0.25, 0.3) is 6.08 Å². The smallest absolute Gasteiger partial charge is 0.294 e. The van der Waals surface area contributed by atoms with E-state index in [1.165, 1.54) is 7.11 Å². The molecule has 1 heterocycles. The van der Waals surface area contributed by atoms with Crippen LogP contribution in [0.1, 0.15) is 23.6 Å². The number of carbonyl (C=O) groups excluding carboxylic acids is 3. The predicted molar refractivity (Wildman–Crippen MR) is 129 cm³/mol. The van der Waals surface area contributed by atoms with Gasteiger partial charge in [-0.2, -0.15) is 0 Å². The Hall–Kier alpha value is -2.78. The van der Waals surface area contributed by atoms with Gasteiger partial charge in [-0.1, -0.05) is 22.0 Å². The fourth-order valence-electron chi connectivity index (χ4n) is 3.26. The van der Waals surface area contributed by atoms with Gasteiger partial charge in [-0.15, -0.1) is 0 Å². The molecule has 1 saturated heterocycles. The Kier molecular flexibility index (Phi) is 7.63. The number of rotatable bonds is 7. The van der Waals surface area contributed by atoms with Gasteiger partial charge in [0.1, 0.15) is 6.54 Å². The third-order valence-electron chi connectivity index (χ3n) is 4.55. The second-order valence-corrected chi connectivity index (χ2v) is 9.00. The van der Waals surface area contributed by atoms with Gasteiger partial charge in [0.05, 0.1) is 18.6 Å². The van der Waals surface area contributed by atoms with E-state index >= 15 is 0 Å². The van der Waals surface area contributed by atoms with E-state index in [1.54, 1.807) is 18.2 Å². The zero-order chi connectivity index (χ0) is 23.4. The summed E-state index contributed by atoms with van der Waals surface area (Å²) in [5.74, 6) is 0.112. The van der Waals surface area contributed by atoms with Crippen molar-refractivity contribution >= 4 is 56.5 Å². The zero-order valence-electron chi connectivity index (χ0n) is 18.2. The molecule has 2 aromatic rings. The van der Waals surface area contributed by atoms with Crippen LogP contribution in [-0.4, -0.2) is 42.2 Å². The third kappa shape index (κ3) is 5.52. The summed E-state index contributed by atoms with van der Waals surface area (Å²) >= 11 is 4.26. The van der Waals surface area contributed by atoms with Crippen LogP contribution in [0.15, 0.2) is 39.7 Å². The maximum Gasteiger partial charge on any atom is 0.294 e. The summed E-state index contributed by atoms with van der Waals surface area (Å²) in [6.45, 7) is 5.84. The lowest BCUT2D eigenvalue weighted by molar-refractivity contribution is -0.127. The molecule has 0 bridgehead atoms. The van der Waals surface area contributed by atoms with Gasteiger partial charge in [0.25, 0.3) is 11.1 Å². The molecule has 0 atom stereocenters. The molecular weight excluding hydrogens is 496 g/mol. The minimum atomic E-state index is -0.518.